The normalized spacial score (nSPS) is 9.95. The third kappa shape index (κ3) is 5.73. The molecular formula is C13H18ClN3O2S. The lowest BCUT2D eigenvalue weighted by Gasteiger charge is -2.12. The number of rotatable bonds is 6. The minimum Gasteiger partial charge on any atom is -0.383 e. The van der Waals surface area contributed by atoms with Gasteiger partial charge in [-0.05, 0) is 36.8 Å². The molecule has 0 unspecified atom stereocenters. The van der Waals surface area contributed by atoms with Crippen LogP contribution in [0.3, 0.4) is 0 Å². The molecule has 0 saturated heterocycles. The highest BCUT2D eigenvalue weighted by atomic mass is 35.5. The molecule has 1 amide bonds. The SMILES string of the molecule is COCCNC(=S)NCC(=O)Nc1cccc(Cl)c1C. The van der Waals surface area contributed by atoms with Gasteiger partial charge in [-0.1, -0.05) is 17.7 Å². The van der Waals surface area contributed by atoms with E-state index in [1.54, 1.807) is 25.3 Å². The standard InChI is InChI=1S/C13H18ClN3O2S/c1-9-10(14)4-3-5-11(9)17-12(18)8-16-13(20)15-6-7-19-2/h3-5H,6-8H2,1-2H3,(H,17,18)(H2,15,16,20). The maximum atomic E-state index is 11.8. The van der Waals surface area contributed by atoms with Crippen molar-refractivity contribution >= 4 is 40.5 Å². The summed E-state index contributed by atoms with van der Waals surface area (Å²) in [4.78, 5) is 11.8. The highest BCUT2D eigenvalue weighted by Crippen LogP contribution is 2.22. The zero-order valence-corrected chi connectivity index (χ0v) is 13.0. The fraction of sp³-hybridized carbons (Fsp3) is 0.385. The predicted molar refractivity (Wildman–Crippen MR) is 85.3 cm³/mol. The van der Waals surface area contributed by atoms with E-state index in [0.717, 1.165) is 5.56 Å². The van der Waals surface area contributed by atoms with Gasteiger partial charge in [-0.25, -0.2) is 0 Å². The summed E-state index contributed by atoms with van der Waals surface area (Å²) in [6.07, 6.45) is 0. The van der Waals surface area contributed by atoms with Crippen molar-refractivity contribution in [3.63, 3.8) is 0 Å². The molecule has 0 aliphatic heterocycles. The van der Waals surface area contributed by atoms with Crippen LogP contribution in [-0.4, -0.2) is 37.8 Å². The summed E-state index contributed by atoms with van der Waals surface area (Å²) in [6.45, 7) is 3.08. The molecule has 0 bridgehead atoms. The van der Waals surface area contributed by atoms with Crippen molar-refractivity contribution in [1.29, 1.82) is 0 Å². The number of hydrogen-bond donors (Lipinski definition) is 3. The monoisotopic (exact) mass is 315 g/mol. The van der Waals surface area contributed by atoms with Gasteiger partial charge < -0.3 is 20.7 Å². The lowest BCUT2D eigenvalue weighted by molar-refractivity contribution is -0.115. The second kappa shape index (κ2) is 8.73. The summed E-state index contributed by atoms with van der Waals surface area (Å²) >= 11 is 11.0. The maximum absolute atomic E-state index is 11.8. The van der Waals surface area contributed by atoms with Gasteiger partial charge in [0.25, 0.3) is 0 Å². The predicted octanol–water partition coefficient (Wildman–Crippen LogP) is 1.70. The minimum atomic E-state index is -0.189. The molecule has 1 aromatic carbocycles. The van der Waals surface area contributed by atoms with Crippen molar-refractivity contribution in [2.45, 2.75) is 6.92 Å². The quantitative estimate of drug-likeness (QED) is 0.551. The van der Waals surface area contributed by atoms with Gasteiger partial charge in [0.1, 0.15) is 0 Å². The summed E-state index contributed by atoms with van der Waals surface area (Å²) in [5, 5.41) is 9.54. The number of hydrogen-bond acceptors (Lipinski definition) is 3. The van der Waals surface area contributed by atoms with E-state index in [1.165, 1.54) is 0 Å². The van der Waals surface area contributed by atoms with E-state index in [9.17, 15) is 4.79 Å². The smallest absolute Gasteiger partial charge is 0.243 e. The summed E-state index contributed by atoms with van der Waals surface area (Å²) < 4.78 is 4.88. The molecule has 0 fully saturated rings. The van der Waals surface area contributed by atoms with E-state index in [1.807, 2.05) is 6.92 Å². The van der Waals surface area contributed by atoms with Crippen LogP contribution < -0.4 is 16.0 Å². The number of anilines is 1. The summed E-state index contributed by atoms with van der Waals surface area (Å²) in [5.41, 5.74) is 1.53. The van der Waals surface area contributed by atoms with Crippen molar-refractivity contribution in [2.24, 2.45) is 0 Å². The van der Waals surface area contributed by atoms with Crippen LogP contribution in [0.4, 0.5) is 5.69 Å². The fourth-order valence-electron chi connectivity index (χ4n) is 1.43. The number of halogens is 1. The Labute approximate surface area is 129 Å². The molecule has 0 saturated carbocycles. The molecule has 0 aromatic heterocycles. The van der Waals surface area contributed by atoms with Crippen LogP contribution in [0.2, 0.25) is 5.02 Å². The Bertz CT molecular complexity index is 483. The number of methoxy groups -OCH3 is 1. The first-order valence-electron chi connectivity index (χ1n) is 6.10. The van der Waals surface area contributed by atoms with Gasteiger partial charge in [-0.3, -0.25) is 4.79 Å². The highest BCUT2D eigenvalue weighted by Gasteiger charge is 2.07. The Hall–Kier alpha value is -1.37. The third-order valence-corrected chi connectivity index (χ3v) is 3.24. The van der Waals surface area contributed by atoms with E-state index in [4.69, 9.17) is 28.6 Å². The number of carbonyl (C=O) groups is 1. The van der Waals surface area contributed by atoms with Crippen LogP contribution in [0.5, 0.6) is 0 Å². The third-order valence-electron chi connectivity index (χ3n) is 2.54. The fourth-order valence-corrected chi connectivity index (χ4v) is 1.78. The molecule has 0 aliphatic rings. The molecule has 7 heteroatoms. The van der Waals surface area contributed by atoms with Gasteiger partial charge in [0, 0.05) is 24.4 Å². The van der Waals surface area contributed by atoms with Crippen LogP contribution in [-0.2, 0) is 9.53 Å². The molecular weight excluding hydrogens is 298 g/mol. The Kier molecular flexibility index (Phi) is 7.28. The number of nitrogens with one attached hydrogen (secondary N) is 3. The van der Waals surface area contributed by atoms with E-state index < -0.39 is 0 Å². The zero-order chi connectivity index (χ0) is 15.0. The molecule has 3 N–H and O–H groups in total. The summed E-state index contributed by atoms with van der Waals surface area (Å²) in [6, 6.07) is 5.36. The largest absolute Gasteiger partial charge is 0.383 e. The lowest BCUT2D eigenvalue weighted by atomic mass is 10.2. The Balaban J connectivity index is 2.37. The molecule has 1 rings (SSSR count). The number of ether oxygens (including phenoxy) is 1. The lowest BCUT2D eigenvalue weighted by Crippen LogP contribution is -2.41. The highest BCUT2D eigenvalue weighted by molar-refractivity contribution is 7.80. The number of thiocarbonyl (C=S) groups is 1. The van der Waals surface area contributed by atoms with Crippen LogP contribution in [0, 0.1) is 6.92 Å². The zero-order valence-electron chi connectivity index (χ0n) is 11.5. The molecule has 0 atom stereocenters. The van der Waals surface area contributed by atoms with Gasteiger partial charge in [-0.2, -0.15) is 0 Å². The first-order valence-corrected chi connectivity index (χ1v) is 6.89. The van der Waals surface area contributed by atoms with Gasteiger partial charge in [-0.15, -0.1) is 0 Å². The maximum Gasteiger partial charge on any atom is 0.243 e. The first-order chi connectivity index (χ1) is 9.54. The minimum absolute atomic E-state index is 0.0881. The van der Waals surface area contributed by atoms with E-state index in [2.05, 4.69) is 16.0 Å². The molecule has 1 aromatic rings. The first kappa shape index (κ1) is 16.7. The number of carbonyl (C=O) groups excluding carboxylic acids is 1. The van der Waals surface area contributed by atoms with Crippen LogP contribution in [0.15, 0.2) is 18.2 Å². The van der Waals surface area contributed by atoms with Gasteiger partial charge in [0.05, 0.1) is 13.2 Å². The summed E-state index contributed by atoms with van der Waals surface area (Å²) in [7, 11) is 1.61. The topological polar surface area (TPSA) is 62.4 Å². The van der Waals surface area contributed by atoms with Gasteiger partial charge >= 0.3 is 0 Å². The summed E-state index contributed by atoms with van der Waals surface area (Å²) in [5.74, 6) is -0.189. The molecule has 20 heavy (non-hydrogen) atoms. The molecule has 5 nitrogen and oxygen atoms in total. The van der Waals surface area contributed by atoms with Crippen molar-refractivity contribution < 1.29 is 9.53 Å². The van der Waals surface area contributed by atoms with E-state index >= 15 is 0 Å². The average molecular weight is 316 g/mol. The Morgan fingerprint density at radius 3 is 2.85 bits per heavy atom. The van der Waals surface area contributed by atoms with E-state index in [-0.39, 0.29) is 12.5 Å². The molecule has 0 radical (unpaired) electrons. The average Bonchev–Trinajstić information content (AvgIpc) is 2.42. The van der Waals surface area contributed by atoms with Crippen molar-refractivity contribution in [3.8, 4) is 0 Å². The second-order valence-electron chi connectivity index (χ2n) is 4.06. The Morgan fingerprint density at radius 1 is 1.40 bits per heavy atom. The molecule has 0 heterocycles. The Morgan fingerprint density at radius 2 is 2.15 bits per heavy atom. The van der Waals surface area contributed by atoms with Crippen LogP contribution in [0.25, 0.3) is 0 Å². The van der Waals surface area contributed by atoms with E-state index in [0.29, 0.717) is 29.0 Å². The van der Waals surface area contributed by atoms with Crippen molar-refractivity contribution in [2.75, 3.05) is 32.1 Å². The van der Waals surface area contributed by atoms with Gasteiger partial charge in [0.15, 0.2) is 5.11 Å². The second-order valence-corrected chi connectivity index (χ2v) is 4.88. The molecule has 0 aliphatic carbocycles. The van der Waals surface area contributed by atoms with Crippen LogP contribution in [0.1, 0.15) is 5.56 Å². The van der Waals surface area contributed by atoms with Crippen LogP contribution >= 0.6 is 23.8 Å². The van der Waals surface area contributed by atoms with Gasteiger partial charge in [0.2, 0.25) is 5.91 Å². The number of amides is 1. The molecule has 0 spiro atoms. The van der Waals surface area contributed by atoms with Crippen molar-refractivity contribution in [1.82, 2.24) is 10.6 Å². The van der Waals surface area contributed by atoms with Crippen molar-refractivity contribution in [3.05, 3.63) is 28.8 Å². The molecule has 110 valence electrons. The number of benzene rings is 1.